The molecule has 2 aromatic rings. The Hall–Kier alpha value is -4.94. The number of carboxylic acids is 1. The van der Waals surface area contributed by atoms with Crippen molar-refractivity contribution in [3.05, 3.63) is 71.3 Å². The van der Waals surface area contributed by atoms with E-state index in [0.717, 1.165) is 29.7 Å². The topological polar surface area (TPSA) is 195 Å². The van der Waals surface area contributed by atoms with Crippen LogP contribution in [0.2, 0.25) is 0 Å². The Bertz CT molecular complexity index is 1580. The van der Waals surface area contributed by atoms with Gasteiger partial charge in [0.05, 0.1) is 6.61 Å². The molecule has 1 aliphatic heterocycles. The lowest BCUT2D eigenvalue weighted by atomic mass is 9.50. The van der Waals surface area contributed by atoms with E-state index >= 15 is 0 Å². The summed E-state index contributed by atoms with van der Waals surface area (Å²) in [4.78, 5) is 67.6. The van der Waals surface area contributed by atoms with E-state index in [9.17, 15) is 29.1 Å². The van der Waals surface area contributed by atoms with Crippen molar-refractivity contribution in [1.82, 2.24) is 20.4 Å². The molecule has 7 rings (SSSR count). The molecule has 4 aliphatic carbocycles. The van der Waals surface area contributed by atoms with Crippen LogP contribution in [0.25, 0.3) is 0 Å². The highest BCUT2D eigenvalue weighted by Gasteiger charge is 2.56. The third-order valence-electron chi connectivity index (χ3n) is 10.7. The van der Waals surface area contributed by atoms with Crippen molar-refractivity contribution in [3.8, 4) is 0 Å². The number of amides is 5. The number of nitrogen functional groups attached to an aromatic ring is 1. The van der Waals surface area contributed by atoms with E-state index in [1.165, 1.54) is 24.2 Å². The molecule has 5 fully saturated rings. The lowest BCUT2D eigenvalue weighted by molar-refractivity contribution is -0.140. The number of carboxylic acid groups (broad SMARTS) is 1. The number of aliphatic carboxylic acids is 1. The van der Waals surface area contributed by atoms with Crippen molar-refractivity contribution in [2.45, 2.75) is 63.6 Å². The van der Waals surface area contributed by atoms with Crippen molar-refractivity contribution < 1.29 is 33.8 Å². The number of hydrogen-bond acceptors (Lipinski definition) is 7. The van der Waals surface area contributed by atoms with Crippen LogP contribution in [0.1, 0.15) is 62.1 Å². The normalized spacial score (nSPS) is 27.9. The number of amidine groups is 1. The van der Waals surface area contributed by atoms with E-state index in [-0.39, 0.29) is 24.4 Å². The van der Waals surface area contributed by atoms with Crippen molar-refractivity contribution in [2.24, 2.45) is 28.9 Å². The van der Waals surface area contributed by atoms with Crippen molar-refractivity contribution in [3.63, 3.8) is 0 Å². The summed E-state index contributed by atoms with van der Waals surface area (Å²) in [7, 11) is 0. The maximum Gasteiger partial charge on any atom is 0.407 e. The molecule has 4 bridgehead atoms. The van der Waals surface area contributed by atoms with Crippen molar-refractivity contribution in [1.29, 1.82) is 5.41 Å². The highest BCUT2D eigenvalue weighted by atomic mass is 16.5. The van der Waals surface area contributed by atoms with Crippen LogP contribution in [-0.2, 0) is 31.2 Å². The van der Waals surface area contributed by atoms with Gasteiger partial charge in [-0.05, 0) is 74.3 Å². The van der Waals surface area contributed by atoms with Gasteiger partial charge in [0.25, 0.3) is 5.91 Å². The summed E-state index contributed by atoms with van der Waals surface area (Å²) in [5.41, 5.74) is 5.75. The van der Waals surface area contributed by atoms with Gasteiger partial charge < -0.3 is 31.1 Å². The second-order valence-corrected chi connectivity index (χ2v) is 14.1. The summed E-state index contributed by atoms with van der Waals surface area (Å²) < 4.78 is 5.55. The van der Waals surface area contributed by atoms with Gasteiger partial charge in [0.15, 0.2) is 0 Å². The molecule has 13 nitrogen and oxygen atoms in total. The van der Waals surface area contributed by atoms with E-state index in [1.807, 2.05) is 30.3 Å². The summed E-state index contributed by atoms with van der Waals surface area (Å²) >= 11 is 0. The van der Waals surface area contributed by atoms with Crippen molar-refractivity contribution >= 4 is 35.7 Å². The Morgan fingerprint density at radius 3 is 2.17 bits per heavy atom. The average molecular weight is 659 g/mol. The third kappa shape index (κ3) is 6.45. The second kappa shape index (κ2) is 12.9. The quantitative estimate of drug-likeness (QED) is 0.130. The number of imide groups is 1. The number of alkyl carbamates (subject to hydrolysis) is 1. The number of ether oxygens (including phenoxy) is 1. The number of rotatable bonds is 12. The zero-order chi connectivity index (χ0) is 34.2. The first-order valence-electron chi connectivity index (χ1n) is 16.4. The molecule has 0 radical (unpaired) electrons. The Morgan fingerprint density at radius 1 is 1.00 bits per heavy atom. The van der Waals surface area contributed by atoms with Gasteiger partial charge in [-0.1, -0.05) is 54.6 Å². The van der Waals surface area contributed by atoms with Crippen LogP contribution in [0.3, 0.4) is 0 Å². The van der Waals surface area contributed by atoms with Crippen LogP contribution in [0.5, 0.6) is 0 Å². The highest BCUT2D eigenvalue weighted by molar-refractivity contribution is 6.09. The molecule has 254 valence electrons. The fourth-order valence-electron chi connectivity index (χ4n) is 8.67. The lowest BCUT2D eigenvalue weighted by Crippen LogP contribution is -2.52. The second-order valence-electron chi connectivity index (χ2n) is 14.1. The Kier molecular flexibility index (Phi) is 8.88. The molecule has 0 spiro atoms. The zero-order valence-corrected chi connectivity index (χ0v) is 26.9. The number of nitrogens with zero attached hydrogens (tertiary/aromatic N) is 2. The highest BCUT2D eigenvalue weighted by Crippen LogP contribution is 2.60. The van der Waals surface area contributed by atoms with Gasteiger partial charge in [-0.25, -0.2) is 14.4 Å². The summed E-state index contributed by atoms with van der Waals surface area (Å²) in [5.74, 6) is -0.909. The Labute approximate surface area is 278 Å². The minimum Gasteiger partial charge on any atom is -0.480 e. The Balaban J connectivity index is 1.09. The molecule has 4 saturated carbocycles. The molecule has 13 heteroatoms. The van der Waals surface area contributed by atoms with Gasteiger partial charge in [0, 0.05) is 24.1 Å². The van der Waals surface area contributed by atoms with E-state index in [2.05, 4.69) is 10.6 Å². The first kappa shape index (κ1) is 33.0. The fraction of sp³-hybridized carbons (Fsp3) is 0.486. The molecule has 0 unspecified atom stereocenters. The first-order chi connectivity index (χ1) is 22.9. The molecule has 2 atom stereocenters. The van der Waals surface area contributed by atoms with Crippen LogP contribution in [0, 0.1) is 28.6 Å². The van der Waals surface area contributed by atoms with Crippen molar-refractivity contribution in [2.75, 3.05) is 19.7 Å². The van der Waals surface area contributed by atoms with Gasteiger partial charge in [0.1, 0.15) is 24.0 Å². The monoisotopic (exact) mass is 658 g/mol. The fourth-order valence-corrected chi connectivity index (χ4v) is 8.67. The predicted molar refractivity (Wildman–Crippen MR) is 173 cm³/mol. The van der Waals surface area contributed by atoms with E-state index < -0.39 is 54.6 Å². The van der Waals surface area contributed by atoms with E-state index in [1.54, 1.807) is 31.2 Å². The minimum atomic E-state index is -1.49. The predicted octanol–water partition coefficient (Wildman–Crippen LogP) is 3.16. The first-order valence-corrected chi connectivity index (χ1v) is 16.4. The molecule has 1 saturated heterocycles. The van der Waals surface area contributed by atoms with Crippen LogP contribution < -0.4 is 16.4 Å². The van der Waals surface area contributed by atoms with Crippen LogP contribution >= 0.6 is 0 Å². The molecule has 2 aromatic carbocycles. The molecule has 48 heavy (non-hydrogen) atoms. The number of nitrogens with one attached hydrogen (secondary N) is 3. The van der Waals surface area contributed by atoms with Gasteiger partial charge >= 0.3 is 18.1 Å². The third-order valence-corrected chi connectivity index (χ3v) is 10.7. The number of carbonyl (C=O) groups is 5. The summed E-state index contributed by atoms with van der Waals surface area (Å²) in [6, 6.07) is 13.3. The Morgan fingerprint density at radius 2 is 1.60 bits per heavy atom. The van der Waals surface area contributed by atoms with E-state index in [4.69, 9.17) is 15.9 Å². The number of hydrogen-bond donors (Lipinski definition) is 5. The average Bonchev–Trinajstić information content (AvgIpc) is 3.22. The molecule has 5 amide bonds. The number of carbonyl (C=O) groups excluding carboxylic acids is 4. The maximum atomic E-state index is 13.9. The van der Waals surface area contributed by atoms with Gasteiger partial charge in [-0.2, -0.15) is 0 Å². The largest absolute Gasteiger partial charge is 0.480 e. The lowest BCUT2D eigenvalue weighted by Gasteiger charge is -2.56. The number of benzene rings is 2. The van der Waals surface area contributed by atoms with Gasteiger partial charge in [0.2, 0.25) is 5.91 Å². The molecular formula is C35H42N6O7. The summed E-state index contributed by atoms with van der Waals surface area (Å²) in [6.07, 6.45) is 5.98. The number of nitrogens with two attached hydrogens (primary N) is 1. The van der Waals surface area contributed by atoms with Gasteiger partial charge in [-0.3, -0.25) is 19.9 Å². The smallest absolute Gasteiger partial charge is 0.407 e. The van der Waals surface area contributed by atoms with Crippen LogP contribution in [0.4, 0.5) is 9.59 Å². The zero-order valence-electron chi connectivity index (χ0n) is 26.9. The summed E-state index contributed by atoms with van der Waals surface area (Å²) in [6.45, 7) is 0.776. The van der Waals surface area contributed by atoms with Crippen LogP contribution in [0.15, 0.2) is 54.6 Å². The maximum absolute atomic E-state index is 13.9. The molecule has 0 aromatic heterocycles. The molecule has 6 N–H and O–H groups in total. The number of urea groups is 1. The summed E-state index contributed by atoms with van der Waals surface area (Å²) in [5, 5.41) is 22.2. The molecule has 5 aliphatic rings. The molecule has 1 heterocycles. The minimum absolute atomic E-state index is 0.0355. The standard InChI is InChI=1S/C35H42N6O7/c1-34(26-9-7-25(8-10-26)29(36)37)31(45)40(33(47)41(34)18-21-5-3-2-4-6-21)19-28(42)38-17-27(30(43)44)39-32(46)48-20-35-14-22-11-23(15-35)13-24(12-22)16-35/h2-10,22-24,27H,11-20H2,1H3,(H3,36,37)(H,38,42)(H,39,46)(H,43,44)/t22?,23?,24?,27-,34-,35?/m0/s1. The molecular weight excluding hydrogens is 616 g/mol. The van der Waals surface area contributed by atoms with Crippen LogP contribution in [-0.4, -0.2) is 76.4 Å². The SMILES string of the molecule is C[C@]1(c2ccc(C(=N)N)cc2)C(=O)N(CC(=O)NC[C@H](NC(=O)OCC23CC4CC(CC(C4)C2)C3)C(=O)O)C(=O)N1Cc1ccccc1. The van der Waals surface area contributed by atoms with Gasteiger partial charge in [-0.15, -0.1) is 0 Å². The van der Waals surface area contributed by atoms with E-state index in [0.29, 0.717) is 28.9 Å².